The van der Waals surface area contributed by atoms with E-state index in [0.717, 1.165) is 5.69 Å². The molecule has 1 heterocycles. The van der Waals surface area contributed by atoms with E-state index in [0.29, 0.717) is 0 Å². The molecule has 2 aromatic rings. The number of hydrogen-bond acceptors (Lipinski definition) is 1. The quantitative estimate of drug-likeness (QED) is 0.676. The number of rotatable bonds is 1. The lowest BCUT2D eigenvalue weighted by Crippen LogP contribution is -1.97. The van der Waals surface area contributed by atoms with Gasteiger partial charge in [0.25, 0.3) is 0 Å². The summed E-state index contributed by atoms with van der Waals surface area (Å²) in [6.45, 7) is 0. The number of hydrogen-bond donors (Lipinski definition) is 0. The Morgan fingerprint density at radius 3 is 2.40 bits per heavy atom. The van der Waals surface area contributed by atoms with Crippen molar-refractivity contribution in [3.8, 4) is 0 Å². The van der Waals surface area contributed by atoms with Gasteiger partial charge in [-0.05, 0) is 37.1 Å². The Kier molecular flexibility index (Phi) is 2.17. The van der Waals surface area contributed by atoms with Gasteiger partial charge in [0.15, 0.2) is 0 Å². The summed E-state index contributed by atoms with van der Waals surface area (Å²) in [6, 6.07) is 10.4. The molecule has 0 spiro atoms. The highest BCUT2D eigenvalue weighted by Crippen LogP contribution is 2.29. The van der Waals surface area contributed by atoms with Crippen LogP contribution in [0.15, 0.2) is 36.5 Å². The first-order valence-electron chi connectivity index (χ1n) is 5.00. The molecule has 0 saturated heterocycles. The van der Waals surface area contributed by atoms with Crippen LogP contribution in [0.3, 0.4) is 0 Å². The molecule has 1 aromatic heterocycles. The Bertz CT molecular complexity index is 469. The van der Waals surface area contributed by atoms with Crippen LogP contribution in [0, 0.1) is 31.6 Å². The molecule has 1 fully saturated rings. The van der Waals surface area contributed by atoms with Crippen LogP contribution in [-0.4, -0.2) is 4.98 Å². The highest BCUT2D eigenvalue weighted by Gasteiger charge is 2.20. The average molecular weight is 192 g/mol. The molecule has 5 radical (unpaired) electrons. The van der Waals surface area contributed by atoms with Crippen molar-refractivity contribution in [2.24, 2.45) is 0 Å². The molecule has 0 unspecified atom stereocenters. The standard InChI is InChI=1S/C14H10N/c1-2-6-11(5-1)14-9-12-7-3-4-8-13(12)10-15-14/h1-10H. The Morgan fingerprint density at radius 1 is 0.867 bits per heavy atom. The van der Waals surface area contributed by atoms with Crippen LogP contribution >= 0.6 is 0 Å². The van der Waals surface area contributed by atoms with Crippen LogP contribution in [0.5, 0.6) is 0 Å². The molecular weight excluding hydrogens is 182 g/mol. The molecule has 1 aromatic carbocycles. The first-order valence-corrected chi connectivity index (χ1v) is 5.00. The van der Waals surface area contributed by atoms with Gasteiger partial charge < -0.3 is 0 Å². The minimum absolute atomic E-state index is 1.04. The SMILES string of the molecule is [CH]1[CH][CH][C](c2cc3ccccc3cn2)[CH]1. The smallest absolute Gasteiger partial charge is 0.0487 e. The van der Waals surface area contributed by atoms with E-state index in [1.165, 1.54) is 16.7 Å². The van der Waals surface area contributed by atoms with Gasteiger partial charge in [-0.15, -0.1) is 0 Å². The molecule has 0 aliphatic heterocycles. The lowest BCUT2D eigenvalue weighted by molar-refractivity contribution is 1.15. The van der Waals surface area contributed by atoms with Crippen LogP contribution in [-0.2, 0) is 0 Å². The Morgan fingerprint density at radius 2 is 1.60 bits per heavy atom. The third-order valence-electron chi connectivity index (χ3n) is 2.59. The van der Waals surface area contributed by atoms with E-state index in [1.54, 1.807) is 0 Å². The zero-order valence-corrected chi connectivity index (χ0v) is 8.22. The molecule has 1 aliphatic rings. The van der Waals surface area contributed by atoms with Crippen LogP contribution in [0.4, 0.5) is 0 Å². The zero-order chi connectivity index (χ0) is 10.1. The summed E-state index contributed by atoms with van der Waals surface area (Å²) in [5, 5.41) is 2.43. The fourth-order valence-corrected chi connectivity index (χ4v) is 1.79. The minimum Gasteiger partial charge on any atom is -0.260 e. The molecule has 0 N–H and O–H groups in total. The highest BCUT2D eigenvalue weighted by atomic mass is 14.7. The van der Waals surface area contributed by atoms with E-state index in [2.05, 4.69) is 42.1 Å². The van der Waals surface area contributed by atoms with Crippen molar-refractivity contribution in [3.05, 3.63) is 73.8 Å². The van der Waals surface area contributed by atoms with Gasteiger partial charge in [-0.1, -0.05) is 24.3 Å². The van der Waals surface area contributed by atoms with Gasteiger partial charge in [-0.3, -0.25) is 4.98 Å². The normalized spacial score (nSPS) is 17.3. The van der Waals surface area contributed by atoms with E-state index in [4.69, 9.17) is 0 Å². The van der Waals surface area contributed by atoms with Crippen LogP contribution in [0.2, 0.25) is 0 Å². The van der Waals surface area contributed by atoms with E-state index in [-0.39, 0.29) is 0 Å². The second-order valence-electron chi connectivity index (χ2n) is 3.59. The number of nitrogens with zero attached hydrogens (tertiary/aromatic N) is 1. The monoisotopic (exact) mass is 192 g/mol. The fourth-order valence-electron chi connectivity index (χ4n) is 1.79. The molecule has 0 atom stereocenters. The Balaban J connectivity index is 2.05. The Labute approximate surface area is 90.2 Å². The number of benzene rings is 1. The summed E-state index contributed by atoms with van der Waals surface area (Å²) in [5.74, 6) is 1.18. The van der Waals surface area contributed by atoms with Crippen molar-refractivity contribution in [2.75, 3.05) is 0 Å². The summed E-state index contributed by atoms with van der Waals surface area (Å²) in [5.41, 5.74) is 1.04. The molecular formula is C14H10N. The van der Waals surface area contributed by atoms with E-state index in [1.807, 2.05) is 25.1 Å². The van der Waals surface area contributed by atoms with E-state index < -0.39 is 0 Å². The number of aromatic nitrogens is 1. The zero-order valence-electron chi connectivity index (χ0n) is 8.22. The van der Waals surface area contributed by atoms with Gasteiger partial charge >= 0.3 is 0 Å². The molecule has 1 saturated carbocycles. The first-order chi connectivity index (χ1) is 7.43. The predicted octanol–water partition coefficient (Wildman–Crippen LogP) is 2.99. The van der Waals surface area contributed by atoms with Gasteiger partial charge in [0.05, 0.1) is 0 Å². The summed E-state index contributed by atoms with van der Waals surface area (Å²) >= 11 is 0. The van der Waals surface area contributed by atoms with Gasteiger partial charge in [0.1, 0.15) is 0 Å². The molecule has 1 nitrogen and oxygen atoms in total. The largest absolute Gasteiger partial charge is 0.260 e. The maximum atomic E-state index is 4.45. The molecule has 1 aliphatic carbocycles. The first kappa shape index (κ1) is 8.90. The second kappa shape index (κ2) is 3.65. The minimum atomic E-state index is 1.04. The highest BCUT2D eigenvalue weighted by molar-refractivity contribution is 5.82. The number of pyridine rings is 1. The van der Waals surface area contributed by atoms with Crippen LogP contribution < -0.4 is 0 Å². The maximum Gasteiger partial charge on any atom is 0.0487 e. The van der Waals surface area contributed by atoms with Gasteiger partial charge in [-0.25, -0.2) is 0 Å². The van der Waals surface area contributed by atoms with Crippen molar-refractivity contribution >= 4 is 10.8 Å². The van der Waals surface area contributed by atoms with Crippen molar-refractivity contribution in [1.82, 2.24) is 4.98 Å². The lowest BCUT2D eigenvalue weighted by Gasteiger charge is -2.07. The third kappa shape index (κ3) is 1.63. The van der Waals surface area contributed by atoms with Crippen molar-refractivity contribution in [1.29, 1.82) is 0 Å². The average Bonchev–Trinajstić information content (AvgIpc) is 2.82. The van der Waals surface area contributed by atoms with Crippen molar-refractivity contribution in [3.63, 3.8) is 0 Å². The fraction of sp³-hybridized carbons (Fsp3) is 0. The third-order valence-corrected chi connectivity index (χ3v) is 2.59. The maximum absolute atomic E-state index is 4.45. The van der Waals surface area contributed by atoms with Crippen molar-refractivity contribution in [2.45, 2.75) is 0 Å². The molecule has 0 amide bonds. The van der Waals surface area contributed by atoms with Crippen LogP contribution in [0.1, 0.15) is 5.69 Å². The second-order valence-corrected chi connectivity index (χ2v) is 3.59. The summed E-state index contributed by atoms with van der Waals surface area (Å²) < 4.78 is 0. The predicted molar refractivity (Wildman–Crippen MR) is 61.3 cm³/mol. The summed E-state index contributed by atoms with van der Waals surface area (Å²) in [6.07, 6.45) is 10.2. The summed E-state index contributed by atoms with van der Waals surface area (Å²) in [7, 11) is 0. The molecule has 1 heteroatoms. The van der Waals surface area contributed by atoms with E-state index in [9.17, 15) is 0 Å². The van der Waals surface area contributed by atoms with Gasteiger partial charge in [0.2, 0.25) is 0 Å². The molecule has 15 heavy (non-hydrogen) atoms. The number of fused-ring (bicyclic) bond motifs is 1. The van der Waals surface area contributed by atoms with E-state index >= 15 is 0 Å². The van der Waals surface area contributed by atoms with Crippen LogP contribution in [0.25, 0.3) is 10.8 Å². The lowest BCUT2D eigenvalue weighted by atomic mass is 10.0. The topological polar surface area (TPSA) is 12.9 Å². The van der Waals surface area contributed by atoms with Gasteiger partial charge in [-0.2, -0.15) is 0 Å². The summed E-state index contributed by atoms with van der Waals surface area (Å²) in [4.78, 5) is 4.45. The van der Waals surface area contributed by atoms with Crippen molar-refractivity contribution < 1.29 is 0 Å². The molecule has 0 bridgehead atoms. The van der Waals surface area contributed by atoms with Gasteiger partial charge in [0, 0.05) is 23.2 Å². The Hall–Kier alpha value is -1.37. The molecule has 3 rings (SSSR count). The molecule has 71 valence electrons.